The smallest absolute Gasteiger partial charge is 0.254 e. The van der Waals surface area contributed by atoms with Crippen LogP contribution in [0.5, 0.6) is 0 Å². The molecule has 0 atom stereocenters. The van der Waals surface area contributed by atoms with Gasteiger partial charge < -0.3 is 14.4 Å². The van der Waals surface area contributed by atoms with E-state index < -0.39 is 0 Å². The zero-order chi connectivity index (χ0) is 19.8. The molecule has 1 amide bonds. The van der Waals surface area contributed by atoms with E-state index >= 15 is 0 Å². The molecule has 0 spiro atoms. The lowest BCUT2D eigenvalue weighted by Crippen LogP contribution is -2.41. The summed E-state index contributed by atoms with van der Waals surface area (Å²) in [4.78, 5) is 21.1. The Morgan fingerprint density at radius 2 is 1.86 bits per heavy atom. The van der Waals surface area contributed by atoms with Crippen LogP contribution >= 0.6 is 22.9 Å². The second-order valence-electron chi connectivity index (χ2n) is 7.42. The number of piperidine rings is 1. The van der Waals surface area contributed by atoms with Crippen LogP contribution in [0.2, 0.25) is 4.34 Å². The molecule has 0 unspecified atom stereocenters. The van der Waals surface area contributed by atoms with Crippen LogP contribution in [0, 0.1) is 5.92 Å². The Hall–Kier alpha value is -1.99. The predicted molar refractivity (Wildman–Crippen MR) is 114 cm³/mol. The largest absolute Gasteiger partial charge is 0.350 e. The van der Waals surface area contributed by atoms with Crippen molar-refractivity contribution in [3.05, 3.63) is 52.4 Å². The fourth-order valence-electron chi connectivity index (χ4n) is 4.12. The lowest BCUT2D eigenvalue weighted by molar-refractivity contribution is -0.0956. The van der Waals surface area contributed by atoms with Gasteiger partial charge in [-0.25, -0.2) is 4.98 Å². The van der Waals surface area contributed by atoms with Crippen molar-refractivity contribution in [1.82, 2.24) is 9.88 Å². The van der Waals surface area contributed by atoms with Crippen LogP contribution in [-0.4, -0.2) is 48.4 Å². The molecule has 2 saturated heterocycles. The number of carbonyl (C=O) groups excluding carboxylic acids is 1. The normalized spacial score (nSPS) is 18.6. The summed E-state index contributed by atoms with van der Waals surface area (Å²) in [6, 6.07) is 13.5. The van der Waals surface area contributed by atoms with Crippen LogP contribution in [0.25, 0.3) is 21.5 Å². The topological polar surface area (TPSA) is 51.7 Å². The molecule has 0 N–H and O–H groups in total. The number of hydrogen-bond acceptors (Lipinski definition) is 5. The lowest BCUT2D eigenvalue weighted by Gasteiger charge is -2.34. The van der Waals surface area contributed by atoms with E-state index in [9.17, 15) is 4.79 Å². The fourth-order valence-corrected chi connectivity index (χ4v) is 5.13. The van der Waals surface area contributed by atoms with Crippen LogP contribution in [0.3, 0.4) is 0 Å². The summed E-state index contributed by atoms with van der Waals surface area (Å²) in [7, 11) is 0. The minimum absolute atomic E-state index is 0.0548. The number of rotatable bonds is 3. The second kappa shape index (κ2) is 8.03. The number of likely N-dealkylation sites (tertiary alicyclic amines) is 1. The SMILES string of the molecule is O=C(c1cc(-c2ccc(Cl)s2)nc2ccccc12)N1CCC(C2OCCO2)CC1. The third-order valence-electron chi connectivity index (χ3n) is 5.63. The molecule has 0 aliphatic carbocycles. The number of carbonyl (C=O) groups is 1. The zero-order valence-electron chi connectivity index (χ0n) is 15.8. The highest BCUT2D eigenvalue weighted by atomic mass is 35.5. The summed E-state index contributed by atoms with van der Waals surface area (Å²) >= 11 is 7.59. The quantitative estimate of drug-likeness (QED) is 0.598. The second-order valence-corrected chi connectivity index (χ2v) is 9.13. The van der Waals surface area contributed by atoms with Gasteiger partial charge in [0.2, 0.25) is 0 Å². The van der Waals surface area contributed by atoms with Crippen LogP contribution < -0.4 is 0 Å². The van der Waals surface area contributed by atoms with Gasteiger partial charge in [-0.05, 0) is 37.1 Å². The molecule has 29 heavy (non-hydrogen) atoms. The van der Waals surface area contributed by atoms with E-state index in [1.54, 1.807) is 0 Å². The maximum absolute atomic E-state index is 13.4. The highest BCUT2D eigenvalue weighted by Gasteiger charge is 2.32. The van der Waals surface area contributed by atoms with Crippen LogP contribution in [0.15, 0.2) is 42.5 Å². The van der Waals surface area contributed by atoms with Gasteiger partial charge in [0.05, 0.1) is 39.2 Å². The van der Waals surface area contributed by atoms with E-state index in [0.717, 1.165) is 34.3 Å². The minimum atomic E-state index is -0.107. The number of thiophene rings is 1. The molecule has 7 heteroatoms. The van der Waals surface area contributed by atoms with Gasteiger partial charge in [0, 0.05) is 24.4 Å². The molecule has 2 aliphatic rings. The van der Waals surface area contributed by atoms with E-state index in [-0.39, 0.29) is 12.2 Å². The van der Waals surface area contributed by atoms with Gasteiger partial charge in [-0.1, -0.05) is 29.8 Å². The summed E-state index contributed by atoms with van der Waals surface area (Å²) < 4.78 is 12.0. The Balaban J connectivity index is 1.43. The molecule has 2 fully saturated rings. The first-order valence-electron chi connectivity index (χ1n) is 9.87. The summed E-state index contributed by atoms with van der Waals surface area (Å²) in [5.74, 6) is 0.416. The summed E-state index contributed by atoms with van der Waals surface area (Å²) in [5, 5.41) is 0.883. The summed E-state index contributed by atoms with van der Waals surface area (Å²) in [6.45, 7) is 2.76. The van der Waals surface area contributed by atoms with Crippen molar-refractivity contribution < 1.29 is 14.3 Å². The van der Waals surface area contributed by atoms with E-state index in [1.165, 1.54) is 11.3 Å². The van der Waals surface area contributed by atoms with Crippen LogP contribution in [0.1, 0.15) is 23.2 Å². The van der Waals surface area contributed by atoms with Crippen molar-refractivity contribution in [3.8, 4) is 10.6 Å². The first kappa shape index (κ1) is 19.0. The molecule has 3 aromatic rings. The number of halogens is 1. The number of benzene rings is 1. The van der Waals surface area contributed by atoms with Crippen molar-refractivity contribution in [2.75, 3.05) is 26.3 Å². The van der Waals surface area contributed by atoms with Crippen molar-refractivity contribution in [2.45, 2.75) is 19.1 Å². The third kappa shape index (κ3) is 3.78. The maximum atomic E-state index is 13.4. The van der Waals surface area contributed by atoms with Gasteiger partial charge in [0.1, 0.15) is 0 Å². The highest BCUT2D eigenvalue weighted by molar-refractivity contribution is 7.19. The Morgan fingerprint density at radius 1 is 1.10 bits per heavy atom. The fraction of sp³-hybridized carbons (Fsp3) is 0.364. The van der Waals surface area contributed by atoms with Gasteiger partial charge >= 0.3 is 0 Å². The predicted octanol–water partition coefficient (Wildman–Crippen LogP) is 4.84. The van der Waals surface area contributed by atoms with Gasteiger partial charge in [-0.3, -0.25) is 4.79 Å². The van der Waals surface area contributed by atoms with Gasteiger partial charge in [-0.15, -0.1) is 11.3 Å². The van der Waals surface area contributed by atoms with Crippen LogP contribution in [-0.2, 0) is 9.47 Å². The van der Waals surface area contributed by atoms with Crippen molar-refractivity contribution in [2.24, 2.45) is 5.92 Å². The first-order valence-corrected chi connectivity index (χ1v) is 11.1. The van der Waals surface area contributed by atoms with Gasteiger partial charge in [0.15, 0.2) is 6.29 Å². The highest BCUT2D eigenvalue weighted by Crippen LogP contribution is 2.33. The Kier molecular flexibility index (Phi) is 5.26. The molecule has 0 bridgehead atoms. The van der Waals surface area contributed by atoms with Gasteiger partial charge in [0.25, 0.3) is 5.91 Å². The molecule has 0 saturated carbocycles. The number of ether oxygens (including phenoxy) is 2. The molecule has 2 aliphatic heterocycles. The van der Waals surface area contributed by atoms with Crippen molar-refractivity contribution in [3.63, 3.8) is 0 Å². The van der Waals surface area contributed by atoms with E-state index in [2.05, 4.69) is 0 Å². The Labute approximate surface area is 178 Å². The number of fused-ring (bicyclic) bond motifs is 1. The molecular weight excluding hydrogens is 408 g/mol. The molecule has 1 aromatic carbocycles. The average molecular weight is 429 g/mol. The monoisotopic (exact) mass is 428 g/mol. The molecule has 0 radical (unpaired) electrons. The maximum Gasteiger partial charge on any atom is 0.254 e. The molecule has 150 valence electrons. The zero-order valence-corrected chi connectivity index (χ0v) is 17.4. The first-order chi connectivity index (χ1) is 14.2. The molecule has 4 heterocycles. The molecule has 2 aromatic heterocycles. The molecule has 5 rings (SSSR count). The summed E-state index contributed by atoms with van der Waals surface area (Å²) in [6.07, 6.45) is 1.68. The van der Waals surface area contributed by atoms with E-state index in [1.807, 2.05) is 47.4 Å². The number of para-hydroxylation sites is 1. The lowest BCUT2D eigenvalue weighted by atomic mass is 9.95. The van der Waals surface area contributed by atoms with Crippen molar-refractivity contribution >= 4 is 39.7 Å². The standard InChI is InChI=1S/C22H21ClN2O3S/c23-20-6-5-19(29-20)18-13-16(15-3-1-2-4-17(15)24-18)21(26)25-9-7-14(8-10-25)22-27-11-12-28-22/h1-6,13-14,22H,7-12H2. The Morgan fingerprint density at radius 3 is 2.59 bits per heavy atom. The number of nitrogens with zero attached hydrogens (tertiary/aromatic N) is 2. The number of amides is 1. The van der Waals surface area contributed by atoms with Crippen LogP contribution in [0.4, 0.5) is 0 Å². The van der Waals surface area contributed by atoms with Crippen molar-refractivity contribution in [1.29, 1.82) is 0 Å². The Bertz CT molecular complexity index is 1040. The number of hydrogen-bond donors (Lipinski definition) is 0. The number of pyridine rings is 1. The average Bonchev–Trinajstić information content (AvgIpc) is 3.45. The summed E-state index contributed by atoms with van der Waals surface area (Å²) in [5.41, 5.74) is 2.30. The molecular formula is C22H21ClN2O3S. The number of aromatic nitrogens is 1. The minimum Gasteiger partial charge on any atom is -0.350 e. The van der Waals surface area contributed by atoms with Gasteiger partial charge in [-0.2, -0.15) is 0 Å². The molecule has 5 nitrogen and oxygen atoms in total. The van der Waals surface area contributed by atoms with E-state index in [4.69, 9.17) is 26.1 Å². The van der Waals surface area contributed by atoms with E-state index in [0.29, 0.717) is 42.1 Å². The third-order valence-corrected chi connectivity index (χ3v) is 6.89.